The fourth-order valence-electron chi connectivity index (χ4n) is 3.37. The van der Waals surface area contributed by atoms with Gasteiger partial charge in [-0.25, -0.2) is 19.7 Å². The van der Waals surface area contributed by atoms with Gasteiger partial charge in [0.1, 0.15) is 24.1 Å². The van der Waals surface area contributed by atoms with Crippen LogP contribution in [-0.2, 0) is 9.53 Å². The zero-order chi connectivity index (χ0) is 26.5. The molecule has 10 nitrogen and oxygen atoms in total. The molecule has 0 fully saturated rings. The molecule has 14 heteroatoms. The number of anilines is 1. The molecule has 3 heterocycles. The lowest BCUT2D eigenvalue weighted by molar-refractivity contribution is -0.139. The van der Waals surface area contributed by atoms with Gasteiger partial charge in [-0.1, -0.05) is 11.6 Å². The van der Waals surface area contributed by atoms with Gasteiger partial charge in [0, 0.05) is 49.7 Å². The first-order valence-corrected chi connectivity index (χ1v) is 11.3. The number of alkyl halides is 3. The molecule has 2 amide bonds. The predicted molar refractivity (Wildman–Crippen MR) is 128 cm³/mol. The Kier molecular flexibility index (Phi) is 8.56. The minimum absolute atomic E-state index is 0.0770. The lowest BCUT2D eigenvalue weighted by Crippen LogP contribution is -2.50. The van der Waals surface area contributed by atoms with Gasteiger partial charge in [0.25, 0.3) is 0 Å². The number of aromatic nitrogens is 4. The van der Waals surface area contributed by atoms with Crippen LogP contribution in [0.5, 0.6) is 0 Å². The number of ether oxygens (including phenoxy) is 1. The Morgan fingerprint density at radius 2 is 2.03 bits per heavy atom. The number of fused-ring (bicyclic) bond motifs is 1. The first-order chi connectivity index (χ1) is 17.0. The molecule has 0 aliphatic heterocycles. The van der Waals surface area contributed by atoms with E-state index in [9.17, 15) is 22.8 Å². The number of likely N-dealkylation sites (N-methyl/N-ethyl adjacent to an activating group) is 1. The van der Waals surface area contributed by atoms with E-state index in [1.807, 2.05) is 5.32 Å². The number of amides is 2. The van der Waals surface area contributed by atoms with E-state index in [1.165, 1.54) is 42.2 Å². The van der Waals surface area contributed by atoms with Crippen molar-refractivity contribution in [3.8, 4) is 11.4 Å². The maximum Gasteiger partial charge on any atom is 0.409 e. The summed E-state index contributed by atoms with van der Waals surface area (Å²) in [6, 6.07) is 2.18. The second kappa shape index (κ2) is 11.4. The Labute approximate surface area is 209 Å². The Hall–Kier alpha value is -3.61. The van der Waals surface area contributed by atoms with Crippen molar-refractivity contribution in [1.29, 1.82) is 0 Å². The van der Waals surface area contributed by atoms with Gasteiger partial charge in [0.15, 0.2) is 5.82 Å². The highest BCUT2D eigenvalue weighted by atomic mass is 35.5. The van der Waals surface area contributed by atoms with E-state index in [0.29, 0.717) is 21.6 Å². The summed E-state index contributed by atoms with van der Waals surface area (Å²) in [5.41, 5.74) is 1.16. The zero-order valence-corrected chi connectivity index (χ0v) is 20.5. The average Bonchev–Trinajstić information content (AvgIpc) is 3.25. The Morgan fingerprint density at radius 3 is 2.72 bits per heavy atom. The number of hydrogen-bond donors (Lipinski definition) is 2. The van der Waals surface area contributed by atoms with Gasteiger partial charge in [-0.15, -0.1) is 0 Å². The first-order valence-electron chi connectivity index (χ1n) is 10.9. The minimum Gasteiger partial charge on any atom is -0.450 e. The fourth-order valence-corrected chi connectivity index (χ4v) is 3.53. The van der Waals surface area contributed by atoms with Crippen molar-refractivity contribution in [2.24, 2.45) is 0 Å². The summed E-state index contributed by atoms with van der Waals surface area (Å²) >= 11 is 6.08. The number of nitrogens with zero attached hydrogens (tertiary/aromatic N) is 5. The van der Waals surface area contributed by atoms with Crippen LogP contribution in [0.2, 0.25) is 5.02 Å². The Balaban J connectivity index is 1.92. The Morgan fingerprint density at radius 1 is 1.28 bits per heavy atom. The number of pyridine rings is 1. The normalized spacial score (nSPS) is 12.3. The van der Waals surface area contributed by atoms with Gasteiger partial charge in [0.2, 0.25) is 5.91 Å². The summed E-state index contributed by atoms with van der Waals surface area (Å²) in [6.45, 7) is 2.02. The predicted octanol–water partition coefficient (Wildman–Crippen LogP) is 3.64. The molecular formula is C22H25ClF3N7O3. The van der Waals surface area contributed by atoms with Crippen molar-refractivity contribution in [2.75, 3.05) is 38.2 Å². The minimum atomic E-state index is -4.56. The van der Waals surface area contributed by atoms with E-state index in [-0.39, 0.29) is 31.3 Å². The van der Waals surface area contributed by atoms with E-state index in [0.717, 1.165) is 0 Å². The van der Waals surface area contributed by atoms with Crippen LogP contribution in [0.25, 0.3) is 22.4 Å². The van der Waals surface area contributed by atoms with Crippen LogP contribution < -0.4 is 10.2 Å². The number of H-pyrrole nitrogens is 1. The smallest absolute Gasteiger partial charge is 0.409 e. The second-order valence-corrected chi connectivity index (χ2v) is 8.25. The van der Waals surface area contributed by atoms with Gasteiger partial charge >= 0.3 is 12.3 Å². The molecule has 0 aliphatic carbocycles. The van der Waals surface area contributed by atoms with E-state index in [1.54, 1.807) is 19.2 Å². The van der Waals surface area contributed by atoms with Crippen molar-refractivity contribution in [3.63, 3.8) is 0 Å². The highest BCUT2D eigenvalue weighted by Crippen LogP contribution is 2.28. The summed E-state index contributed by atoms with van der Waals surface area (Å²) in [5, 5.41) is 2.98. The molecule has 0 aliphatic rings. The number of hydrogen-bond acceptors (Lipinski definition) is 7. The largest absolute Gasteiger partial charge is 0.450 e. The van der Waals surface area contributed by atoms with Crippen LogP contribution in [0.4, 0.5) is 23.8 Å². The van der Waals surface area contributed by atoms with Crippen molar-refractivity contribution < 1.29 is 27.5 Å². The molecule has 0 saturated heterocycles. The molecular weight excluding hydrogens is 503 g/mol. The lowest BCUT2D eigenvalue weighted by atomic mass is 10.2. The monoisotopic (exact) mass is 527 g/mol. The maximum absolute atomic E-state index is 12.7. The molecule has 3 aromatic heterocycles. The molecule has 2 N–H and O–H groups in total. The third kappa shape index (κ3) is 6.74. The Bertz CT molecular complexity index is 1220. The molecule has 36 heavy (non-hydrogen) atoms. The van der Waals surface area contributed by atoms with Crippen molar-refractivity contribution in [2.45, 2.75) is 26.1 Å². The number of nitrogens with one attached hydrogen (secondary N) is 2. The third-order valence-electron chi connectivity index (χ3n) is 5.24. The third-order valence-corrected chi connectivity index (χ3v) is 5.45. The van der Waals surface area contributed by atoms with Crippen LogP contribution in [-0.4, -0.2) is 82.3 Å². The van der Waals surface area contributed by atoms with Gasteiger partial charge in [-0.3, -0.25) is 4.79 Å². The molecule has 0 bridgehead atoms. The number of carbonyl (C=O) groups is 2. The number of halogens is 4. The van der Waals surface area contributed by atoms with Gasteiger partial charge in [-0.05, 0) is 26.0 Å². The summed E-state index contributed by atoms with van der Waals surface area (Å²) in [4.78, 5) is 43.4. The van der Waals surface area contributed by atoms with Crippen LogP contribution in [0, 0.1) is 0 Å². The van der Waals surface area contributed by atoms with E-state index >= 15 is 0 Å². The van der Waals surface area contributed by atoms with Crippen molar-refractivity contribution in [3.05, 3.63) is 35.7 Å². The summed E-state index contributed by atoms with van der Waals surface area (Å²) < 4.78 is 42.9. The molecule has 194 valence electrons. The number of carbonyl (C=O) groups excluding carboxylic acids is 2. The highest BCUT2D eigenvalue weighted by molar-refractivity contribution is 6.31. The molecule has 0 saturated carbocycles. The lowest BCUT2D eigenvalue weighted by Gasteiger charge is -2.31. The molecule has 0 aromatic carbocycles. The summed E-state index contributed by atoms with van der Waals surface area (Å²) in [6.07, 6.45) is -0.512. The van der Waals surface area contributed by atoms with Gasteiger partial charge in [-0.2, -0.15) is 13.2 Å². The SMILES string of the molecule is CCOC(=O)N(C)CCN(c1ccnc(-c2c[nH]c3ncc(Cl)cc23)n1)[C@@H](C)C(=O)NCC(F)(F)F. The van der Waals surface area contributed by atoms with Gasteiger partial charge < -0.3 is 24.8 Å². The highest BCUT2D eigenvalue weighted by Gasteiger charge is 2.31. The van der Waals surface area contributed by atoms with E-state index in [2.05, 4.69) is 19.9 Å². The molecule has 3 rings (SSSR count). The maximum atomic E-state index is 12.7. The van der Waals surface area contributed by atoms with E-state index in [4.69, 9.17) is 16.3 Å². The summed E-state index contributed by atoms with van der Waals surface area (Å²) in [5.74, 6) is -0.292. The van der Waals surface area contributed by atoms with Crippen LogP contribution in [0.3, 0.4) is 0 Å². The fraction of sp³-hybridized carbons (Fsp3) is 0.409. The standard InChI is InChI=1S/C22H25ClF3N7O3/c1-4-36-21(35)32(3)7-8-33(13(2)20(34)30-12-22(24,25)26)17-5-6-27-19(31-17)16-11-29-18-15(16)9-14(23)10-28-18/h5-6,9-11,13H,4,7-8,12H2,1-3H3,(H,28,29)(H,30,34)/t13-/m0/s1. The van der Waals surface area contributed by atoms with Crippen LogP contribution in [0.1, 0.15) is 13.8 Å². The molecule has 1 atom stereocenters. The number of aromatic amines is 1. The average molecular weight is 528 g/mol. The molecule has 3 aromatic rings. The van der Waals surface area contributed by atoms with Crippen LogP contribution >= 0.6 is 11.6 Å². The quantitative estimate of drug-likeness (QED) is 0.436. The topological polar surface area (TPSA) is 116 Å². The molecule has 0 unspecified atom stereocenters. The van der Waals surface area contributed by atoms with Crippen LogP contribution in [0.15, 0.2) is 30.7 Å². The zero-order valence-electron chi connectivity index (χ0n) is 19.8. The van der Waals surface area contributed by atoms with Crippen molar-refractivity contribution in [1.82, 2.24) is 30.2 Å². The first kappa shape index (κ1) is 27.0. The van der Waals surface area contributed by atoms with E-state index < -0.39 is 30.8 Å². The molecule has 0 spiro atoms. The van der Waals surface area contributed by atoms with Crippen molar-refractivity contribution >= 4 is 40.5 Å². The summed E-state index contributed by atoms with van der Waals surface area (Å²) in [7, 11) is 1.51. The second-order valence-electron chi connectivity index (χ2n) is 7.81. The number of rotatable bonds is 9. The van der Waals surface area contributed by atoms with Gasteiger partial charge in [0.05, 0.1) is 11.6 Å². The molecule has 0 radical (unpaired) electrons.